The van der Waals surface area contributed by atoms with Gasteiger partial charge in [-0.1, -0.05) is 12.1 Å². The van der Waals surface area contributed by atoms with Crippen LogP contribution >= 0.6 is 0 Å². The molecule has 0 saturated carbocycles. The fraction of sp³-hybridized carbons (Fsp3) is 0.400. The summed E-state index contributed by atoms with van der Waals surface area (Å²) < 4.78 is 19.1. The molecule has 5 heteroatoms. The highest BCUT2D eigenvalue weighted by Gasteiger charge is 2.30. The van der Waals surface area contributed by atoms with Crippen LogP contribution in [0.2, 0.25) is 0 Å². The molecular formula is C15H16FNO3. The van der Waals surface area contributed by atoms with Crippen LogP contribution in [-0.4, -0.2) is 35.6 Å². The van der Waals surface area contributed by atoms with E-state index in [0.717, 1.165) is 6.42 Å². The smallest absolute Gasteiger partial charge is 0.289 e. The molecule has 0 radical (unpaired) electrons. The average molecular weight is 277 g/mol. The van der Waals surface area contributed by atoms with Crippen LogP contribution in [0.3, 0.4) is 0 Å². The first-order valence-corrected chi connectivity index (χ1v) is 6.69. The number of rotatable bonds is 2. The lowest BCUT2D eigenvalue weighted by Crippen LogP contribution is -2.29. The molecule has 1 amide bonds. The van der Waals surface area contributed by atoms with Crippen LogP contribution in [-0.2, 0) is 0 Å². The van der Waals surface area contributed by atoms with Gasteiger partial charge in [0, 0.05) is 36.6 Å². The van der Waals surface area contributed by atoms with Crippen molar-refractivity contribution >= 4 is 16.9 Å². The van der Waals surface area contributed by atoms with E-state index in [1.807, 2.05) is 0 Å². The molecule has 1 atom stereocenters. The maximum absolute atomic E-state index is 13.7. The number of hydrogen-bond donors (Lipinski definition) is 1. The van der Waals surface area contributed by atoms with Crippen molar-refractivity contribution in [2.45, 2.75) is 13.3 Å². The van der Waals surface area contributed by atoms with Gasteiger partial charge in [0.15, 0.2) is 17.2 Å². The molecule has 0 spiro atoms. The number of aliphatic hydroxyl groups excluding tert-OH is 1. The first-order chi connectivity index (χ1) is 9.61. The summed E-state index contributed by atoms with van der Waals surface area (Å²) >= 11 is 0. The number of fused-ring (bicyclic) bond motifs is 1. The predicted octanol–water partition coefficient (Wildman–Crippen LogP) is 2.33. The largest absolute Gasteiger partial charge is 0.448 e. The minimum absolute atomic E-state index is 0.0809. The monoisotopic (exact) mass is 277 g/mol. The van der Waals surface area contributed by atoms with Gasteiger partial charge in [0.1, 0.15) is 0 Å². The average Bonchev–Trinajstić information content (AvgIpc) is 3.05. The second kappa shape index (κ2) is 4.90. The van der Waals surface area contributed by atoms with Crippen molar-refractivity contribution in [1.29, 1.82) is 0 Å². The van der Waals surface area contributed by atoms with Gasteiger partial charge >= 0.3 is 0 Å². The summed E-state index contributed by atoms with van der Waals surface area (Å²) in [5, 5.41) is 9.76. The topological polar surface area (TPSA) is 53.7 Å². The van der Waals surface area contributed by atoms with E-state index >= 15 is 0 Å². The van der Waals surface area contributed by atoms with Crippen LogP contribution in [0.5, 0.6) is 0 Å². The molecule has 1 aliphatic heterocycles. The van der Waals surface area contributed by atoms with E-state index in [9.17, 15) is 9.18 Å². The Morgan fingerprint density at radius 3 is 3.00 bits per heavy atom. The Morgan fingerprint density at radius 2 is 2.35 bits per heavy atom. The Morgan fingerprint density at radius 1 is 1.55 bits per heavy atom. The normalized spacial score (nSPS) is 18.9. The molecule has 1 fully saturated rings. The molecule has 0 bridgehead atoms. The molecule has 1 aromatic heterocycles. The second-order valence-electron chi connectivity index (χ2n) is 5.26. The number of furan rings is 1. The van der Waals surface area contributed by atoms with Gasteiger partial charge in [0.25, 0.3) is 5.91 Å². The zero-order valence-electron chi connectivity index (χ0n) is 11.2. The van der Waals surface area contributed by atoms with Crippen molar-refractivity contribution in [2.24, 2.45) is 5.92 Å². The quantitative estimate of drug-likeness (QED) is 0.916. The maximum Gasteiger partial charge on any atom is 0.289 e. The third kappa shape index (κ3) is 1.98. The van der Waals surface area contributed by atoms with Gasteiger partial charge in [-0.05, 0) is 19.4 Å². The highest BCUT2D eigenvalue weighted by atomic mass is 19.1. The predicted molar refractivity (Wildman–Crippen MR) is 72.0 cm³/mol. The van der Waals surface area contributed by atoms with Crippen molar-refractivity contribution in [3.63, 3.8) is 0 Å². The van der Waals surface area contributed by atoms with E-state index in [-0.39, 0.29) is 29.8 Å². The van der Waals surface area contributed by atoms with E-state index in [2.05, 4.69) is 0 Å². The number of aliphatic hydroxyl groups is 1. The van der Waals surface area contributed by atoms with Crippen LogP contribution < -0.4 is 0 Å². The van der Waals surface area contributed by atoms with Gasteiger partial charge in [0.2, 0.25) is 0 Å². The third-order valence-corrected chi connectivity index (χ3v) is 3.94. The van der Waals surface area contributed by atoms with Crippen LogP contribution in [0, 0.1) is 18.7 Å². The van der Waals surface area contributed by atoms with Crippen molar-refractivity contribution in [3.05, 3.63) is 35.3 Å². The zero-order chi connectivity index (χ0) is 14.3. The molecule has 1 saturated heterocycles. The summed E-state index contributed by atoms with van der Waals surface area (Å²) in [6.45, 7) is 2.97. The minimum Gasteiger partial charge on any atom is -0.448 e. The van der Waals surface area contributed by atoms with Gasteiger partial charge in [-0.25, -0.2) is 4.39 Å². The molecule has 1 aromatic carbocycles. The van der Waals surface area contributed by atoms with Crippen LogP contribution in [0.25, 0.3) is 11.0 Å². The van der Waals surface area contributed by atoms with E-state index in [1.54, 1.807) is 24.0 Å². The molecule has 2 heterocycles. The van der Waals surface area contributed by atoms with Crippen molar-refractivity contribution in [2.75, 3.05) is 19.7 Å². The Kier molecular flexibility index (Phi) is 3.22. The first kappa shape index (κ1) is 13.1. The first-order valence-electron chi connectivity index (χ1n) is 6.69. The van der Waals surface area contributed by atoms with Gasteiger partial charge < -0.3 is 14.4 Å². The Hall–Kier alpha value is -1.88. The minimum atomic E-state index is -0.459. The number of carbonyl (C=O) groups excluding carboxylic acids is 1. The Labute approximate surface area is 115 Å². The number of para-hydroxylation sites is 1. The summed E-state index contributed by atoms with van der Waals surface area (Å²) in [6.07, 6.45) is 0.788. The molecule has 1 N–H and O–H groups in total. The second-order valence-corrected chi connectivity index (χ2v) is 5.26. The number of amides is 1. The molecule has 1 aliphatic rings. The molecule has 4 nitrogen and oxygen atoms in total. The molecule has 20 heavy (non-hydrogen) atoms. The SMILES string of the molecule is Cc1c(C(=O)N2CCC(CO)C2)oc2c(F)cccc12. The number of aryl methyl sites for hydroxylation is 1. The number of nitrogens with zero attached hydrogens (tertiary/aromatic N) is 1. The highest BCUT2D eigenvalue weighted by molar-refractivity contribution is 5.99. The van der Waals surface area contributed by atoms with Gasteiger partial charge in [0.05, 0.1) is 0 Å². The number of benzene rings is 1. The Bertz CT molecular complexity index is 664. The summed E-state index contributed by atoms with van der Waals surface area (Å²) in [5.41, 5.74) is 0.795. The number of hydrogen-bond acceptors (Lipinski definition) is 3. The van der Waals surface area contributed by atoms with Crippen molar-refractivity contribution in [1.82, 2.24) is 4.90 Å². The third-order valence-electron chi connectivity index (χ3n) is 3.94. The molecule has 106 valence electrons. The van der Waals surface area contributed by atoms with E-state index < -0.39 is 5.82 Å². The molecular weight excluding hydrogens is 261 g/mol. The Balaban J connectivity index is 1.96. The summed E-state index contributed by atoms with van der Waals surface area (Å²) in [5.74, 6) is -0.364. The van der Waals surface area contributed by atoms with Gasteiger partial charge in [-0.3, -0.25) is 4.79 Å². The lowest BCUT2D eigenvalue weighted by Gasteiger charge is -2.14. The summed E-state index contributed by atoms with van der Waals surface area (Å²) in [6, 6.07) is 4.66. The van der Waals surface area contributed by atoms with Crippen LogP contribution in [0.15, 0.2) is 22.6 Å². The summed E-state index contributed by atoms with van der Waals surface area (Å²) in [4.78, 5) is 14.1. The maximum atomic E-state index is 13.7. The van der Waals surface area contributed by atoms with Crippen molar-refractivity contribution in [3.8, 4) is 0 Å². The van der Waals surface area contributed by atoms with E-state index in [4.69, 9.17) is 9.52 Å². The lowest BCUT2D eigenvalue weighted by molar-refractivity contribution is 0.0751. The fourth-order valence-electron chi connectivity index (χ4n) is 2.72. The van der Waals surface area contributed by atoms with Crippen LogP contribution in [0.4, 0.5) is 4.39 Å². The molecule has 0 aliphatic carbocycles. The van der Waals surface area contributed by atoms with Crippen LogP contribution in [0.1, 0.15) is 22.5 Å². The highest BCUT2D eigenvalue weighted by Crippen LogP contribution is 2.29. The zero-order valence-corrected chi connectivity index (χ0v) is 11.2. The standard InChI is InChI=1S/C15H16FNO3/c1-9-11-3-2-4-12(16)14(11)20-13(9)15(19)17-6-5-10(7-17)8-18/h2-4,10,18H,5-8H2,1H3. The fourth-order valence-corrected chi connectivity index (χ4v) is 2.72. The molecule has 1 unspecified atom stereocenters. The number of likely N-dealkylation sites (tertiary alicyclic amines) is 1. The number of halogens is 1. The molecule has 3 rings (SSSR count). The van der Waals surface area contributed by atoms with E-state index in [1.165, 1.54) is 6.07 Å². The lowest BCUT2D eigenvalue weighted by atomic mass is 10.1. The number of carbonyl (C=O) groups is 1. The van der Waals surface area contributed by atoms with E-state index in [0.29, 0.717) is 24.0 Å². The van der Waals surface area contributed by atoms with Crippen molar-refractivity contribution < 1.29 is 18.7 Å². The summed E-state index contributed by atoms with van der Waals surface area (Å²) in [7, 11) is 0. The van der Waals surface area contributed by atoms with Gasteiger partial charge in [-0.2, -0.15) is 0 Å². The molecule has 2 aromatic rings. The van der Waals surface area contributed by atoms with Gasteiger partial charge in [-0.15, -0.1) is 0 Å².